The van der Waals surface area contributed by atoms with Crippen molar-refractivity contribution in [2.75, 3.05) is 10.6 Å². The number of hydrogen-bond donors (Lipinski definition) is 2. The minimum Gasteiger partial charge on any atom is -0.377 e. The Morgan fingerprint density at radius 2 is 1.80 bits per heavy atom. The number of anilines is 2. The predicted octanol–water partition coefficient (Wildman–Crippen LogP) is 5.27. The van der Waals surface area contributed by atoms with E-state index in [2.05, 4.69) is 50.6 Å². The quantitative estimate of drug-likeness (QED) is 0.618. The third-order valence-electron chi connectivity index (χ3n) is 3.77. The van der Waals surface area contributed by atoms with Crippen LogP contribution >= 0.6 is 15.9 Å². The van der Waals surface area contributed by atoms with Gasteiger partial charge in [-0.05, 0) is 36.8 Å². The molecule has 0 spiro atoms. The van der Waals surface area contributed by atoms with Crippen molar-refractivity contribution in [2.45, 2.75) is 13.0 Å². The van der Waals surface area contributed by atoms with E-state index in [0.717, 1.165) is 15.8 Å². The Morgan fingerprint density at radius 1 is 1.00 bits per heavy atom. The Labute approximate surface area is 155 Å². The number of aromatic nitrogens is 1. The van der Waals surface area contributed by atoms with Crippen molar-refractivity contribution in [3.05, 3.63) is 88.7 Å². The van der Waals surface area contributed by atoms with Crippen molar-refractivity contribution in [1.82, 2.24) is 4.98 Å². The van der Waals surface area contributed by atoms with Gasteiger partial charge in [-0.25, -0.2) is 0 Å². The molecule has 4 nitrogen and oxygen atoms in total. The molecule has 1 atom stereocenters. The summed E-state index contributed by atoms with van der Waals surface area (Å²) in [7, 11) is 0. The number of rotatable bonds is 5. The van der Waals surface area contributed by atoms with E-state index < -0.39 is 0 Å². The molecule has 3 aromatic rings. The van der Waals surface area contributed by atoms with Gasteiger partial charge in [-0.2, -0.15) is 0 Å². The number of carbonyl (C=O) groups excluding carboxylic acids is 1. The molecule has 1 unspecified atom stereocenters. The fourth-order valence-electron chi connectivity index (χ4n) is 2.49. The summed E-state index contributed by atoms with van der Waals surface area (Å²) in [5.74, 6) is -0.193. The molecule has 25 heavy (non-hydrogen) atoms. The van der Waals surface area contributed by atoms with Crippen molar-refractivity contribution in [1.29, 1.82) is 0 Å². The molecule has 1 heterocycles. The van der Waals surface area contributed by atoms with Gasteiger partial charge in [0.1, 0.15) is 0 Å². The summed E-state index contributed by atoms with van der Waals surface area (Å²) < 4.78 is 0.913. The lowest BCUT2D eigenvalue weighted by Crippen LogP contribution is -2.13. The van der Waals surface area contributed by atoms with Gasteiger partial charge in [0.15, 0.2) is 0 Å². The molecule has 2 N–H and O–H groups in total. The summed E-state index contributed by atoms with van der Waals surface area (Å²) >= 11 is 3.40. The fraction of sp³-hybridized carbons (Fsp3) is 0.100. The topological polar surface area (TPSA) is 54.0 Å². The maximum absolute atomic E-state index is 12.4. The van der Waals surface area contributed by atoms with E-state index in [9.17, 15) is 4.79 Å². The van der Waals surface area contributed by atoms with Crippen LogP contribution in [0.3, 0.4) is 0 Å². The van der Waals surface area contributed by atoms with E-state index in [1.54, 1.807) is 18.5 Å². The number of amides is 1. The number of carbonyl (C=O) groups is 1. The predicted molar refractivity (Wildman–Crippen MR) is 105 cm³/mol. The van der Waals surface area contributed by atoms with Crippen molar-refractivity contribution in [2.24, 2.45) is 0 Å². The highest BCUT2D eigenvalue weighted by atomic mass is 79.9. The number of pyridine rings is 1. The lowest BCUT2D eigenvalue weighted by molar-refractivity contribution is 0.102. The fourth-order valence-corrected chi connectivity index (χ4v) is 2.89. The molecule has 0 fully saturated rings. The molecule has 0 aliphatic heterocycles. The standard InChI is InChI=1S/C20H18BrN3O/c1-14(15-6-3-2-4-7-15)23-19-10-16(12-22-13-19)20(25)24-18-9-5-8-17(21)11-18/h2-14,23H,1H3,(H,24,25). The maximum Gasteiger partial charge on any atom is 0.257 e. The minimum absolute atomic E-state index is 0.117. The smallest absolute Gasteiger partial charge is 0.257 e. The second kappa shape index (κ2) is 7.94. The Morgan fingerprint density at radius 3 is 2.56 bits per heavy atom. The molecular weight excluding hydrogens is 378 g/mol. The highest BCUT2D eigenvalue weighted by Crippen LogP contribution is 2.20. The minimum atomic E-state index is -0.193. The first-order valence-electron chi connectivity index (χ1n) is 7.95. The third kappa shape index (κ3) is 4.67. The van der Waals surface area contributed by atoms with Crippen LogP contribution in [0.2, 0.25) is 0 Å². The van der Waals surface area contributed by atoms with E-state index in [1.165, 1.54) is 5.56 Å². The number of nitrogens with zero attached hydrogens (tertiary/aromatic N) is 1. The summed E-state index contributed by atoms with van der Waals surface area (Å²) in [4.78, 5) is 16.6. The molecule has 0 bridgehead atoms. The normalized spacial score (nSPS) is 11.6. The number of halogens is 1. The first kappa shape index (κ1) is 17.2. The first-order chi connectivity index (χ1) is 12.1. The van der Waals surface area contributed by atoms with Crippen LogP contribution < -0.4 is 10.6 Å². The van der Waals surface area contributed by atoms with Crippen LogP contribution in [0.15, 0.2) is 77.5 Å². The molecule has 0 aliphatic carbocycles. The van der Waals surface area contributed by atoms with Gasteiger partial charge in [0.25, 0.3) is 5.91 Å². The van der Waals surface area contributed by atoms with Crippen LogP contribution in [0.25, 0.3) is 0 Å². The maximum atomic E-state index is 12.4. The van der Waals surface area contributed by atoms with Gasteiger partial charge >= 0.3 is 0 Å². The van der Waals surface area contributed by atoms with E-state index in [0.29, 0.717) is 5.56 Å². The molecule has 0 saturated carbocycles. The van der Waals surface area contributed by atoms with Crippen molar-refractivity contribution in [3.63, 3.8) is 0 Å². The monoisotopic (exact) mass is 395 g/mol. The van der Waals surface area contributed by atoms with Gasteiger partial charge in [-0.15, -0.1) is 0 Å². The Kier molecular flexibility index (Phi) is 5.46. The summed E-state index contributed by atoms with van der Waals surface area (Å²) in [6.07, 6.45) is 3.28. The largest absolute Gasteiger partial charge is 0.377 e. The van der Waals surface area contributed by atoms with Gasteiger partial charge < -0.3 is 10.6 Å². The third-order valence-corrected chi connectivity index (χ3v) is 4.26. The average Bonchev–Trinajstić information content (AvgIpc) is 2.62. The molecule has 3 rings (SSSR count). The van der Waals surface area contributed by atoms with E-state index in [-0.39, 0.29) is 11.9 Å². The number of hydrogen-bond acceptors (Lipinski definition) is 3. The molecule has 126 valence electrons. The summed E-state index contributed by atoms with van der Waals surface area (Å²) in [5.41, 5.74) is 3.21. The lowest BCUT2D eigenvalue weighted by Gasteiger charge is -2.16. The van der Waals surface area contributed by atoms with Gasteiger partial charge in [0, 0.05) is 28.6 Å². The molecule has 2 aromatic carbocycles. The van der Waals surface area contributed by atoms with Gasteiger partial charge in [-0.1, -0.05) is 52.3 Å². The van der Waals surface area contributed by atoms with Crippen LogP contribution in [-0.4, -0.2) is 10.9 Å². The molecule has 1 aromatic heterocycles. The second-order valence-electron chi connectivity index (χ2n) is 5.70. The zero-order valence-electron chi connectivity index (χ0n) is 13.7. The Bertz CT molecular complexity index is 868. The first-order valence-corrected chi connectivity index (χ1v) is 8.74. The molecular formula is C20H18BrN3O. The van der Waals surface area contributed by atoms with Crippen molar-refractivity contribution >= 4 is 33.2 Å². The van der Waals surface area contributed by atoms with Crippen molar-refractivity contribution < 1.29 is 4.79 Å². The van der Waals surface area contributed by atoms with Crippen LogP contribution in [0.5, 0.6) is 0 Å². The van der Waals surface area contributed by atoms with Crippen molar-refractivity contribution in [3.8, 4) is 0 Å². The van der Waals surface area contributed by atoms with E-state index in [4.69, 9.17) is 0 Å². The molecule has 1 amide bonds. The average molecular weight is 396 g/mol. The highest BCUT2D eigenvalue weighted by Gasteiger charge is 2.10. The zero-order valence-corrected chi connectivity index (χ0v) is 15.3. The summed E-state index contributed by atoms with van der Waals surface area (Å²) in [6, 6.07) is 19.5. The molecule has 0 saturated heterocycles. The van der Waals surface area contributed by atoms with Crippen LogP contribution in [-0.2, 0) is 0 Å². The number of nitrogens with one attached hydrogen (secondary N) is 2. The van der Waals surface area contributed by atoms with Crippen LogP contribution in [0.4, 0.5) is 11.4 Å². The van der Waals surface area contributed by atoms with Crippen LogP contribution in [0, 0.1) is 0 Å². The summed E-state index contributed by atoms with van der Waals surface area (Å²) in [6.45, 7) is 2.07. The van der Waals surface area contributed by atoms with Gasteiger partial charge in [0.2, 0.25) is 0 Å². The van der Waals surface area contributed by atoms with Crippen LogP contribution in [0.1, 0.15) is 28.9 Å². The highest BCUT2D eigenvalue weighted by molar-refractivity contribution is 9.10. The lowest BCUT2D eigenvalue weighted by atomic mass is 10.1. The number of benzene rings is 2. The molecule has 0 radical (unpaired) electrons. The van der Waals surface area contributed by atoms with E-state index >= 15 is 0 Å². The van der Waals surface area contributed by atoms with E-state index in [1.807, 2.05) is 42.5 Å². The Balaban J connectivity index is 1.71. The molecule has 5 heteroatoms. The second-order valence-corrected chi connectivity index (χ2v) is 6.62. The van der Waals surface area contributed by atoms with Gasteiger partial charge in [-0.3, -0.25) is 9.78 Å². The summed E-state index contributed by atoms with van der Waals surface area (Å²) in [5, 5.41) is 6.25. The SMILES string of the molecule is CC(Nc1cncc(C(=O)Nc2cccc(Br)c2)c1)c1ccccc1. The zero-order chi connectivity index (χ0) is 17.6. The molecule has 0 aliphatic rings. The van der Waals surface area contributed by atoms with Gasteiger partial charge in [0.05, 0.1) is 11.3 Å². The Hall–Kier alpha value is -2.66.